The highest BCUT2D eigenvalue weighted by Crippen LogP contribution is 2.47. The summed E-state index contributed by atoms with van der Waals surface area (Å²) in [6, 6.07) is 1.97. The van der Waals surface area contributed by atoms with Gasteiger partial charge >= 0.3 is 0 Å². The van der Waals surface area contributed by atoms with Crippen LogP contribution in [0.15, 0.2) is 24.8 Å². The number of aromatic nitrogens is 2. The van der Waals surface area contributed by atoms with E-state index in [1.807, 2.05) is 16.7 Å². The molecule has 0 saturated heterocycles. The standard InChI is InChI=1S/C18H23FN2O/c19-15-9-14(15)13-6-7-21-11-20-10-16(21)18(13)17(22)8-12-4-2-1-3-5-12/h6-7,10-12,14-15,17,22H,1-5,8-9H2. The molecule has 0 spiro atoms. The first-order chi connectivity index (χ1) is 10.7. The van der Waals surface area contributed by atoms with E-state index in [0.29, 0.717) is 12.3 Å². The molecule has 2 aromatic heterocycles. The van der Waals surface area contributed by atoms with Crippen LogP contribution in [-0.4, -0.2) is 20.7 Å². The molecule has 3 unspecified atom stereocenters. The lowest BCUT2D eigenvalue weighted by molar-refractivity contribution is 0.131. The van der Waals surface area contributed by atoms with Gasteiger partial charge in [-0.25, -0.2) is 9.37 Å². The van der Waals surface area contributed by atoms with E-state index in [-0.39, 0.29) is 5.92 Å². The Morgan fingerprint density at radius 1 is 1.32 bits per heavy atom. The van der Waals surface area contributed by atoms with Gasteiger partial charge in [-0.15, -0.1) is 0 Å². The zero-order valence-corrected chi connectivity index (χ0v) is 12.8. The average Bonchev–Trinajstić information content (AvgIpc) is 3.07. The lowest BCUT2D eigenvalue weighted by Crippen LogP contribution is -2.13. The van der Waals surface area contributed by atoms with Gasteiger partial charge in [0, 0.05) is 17.7 Å². The Balaban J connectivity index is 1.67. The molecule has 3 atom stereocenters. The van der Waals surface area contributed by atoms with Gasteiger partial charge in [0.2, 0.25) is 0 Å². The molecule has 4 heteroatoms. The van der Waals surface area contributed by atoms with Gasteiger partial charge in [0.1, 0.15) is 6.17 Å². The van der Waals surface area contributed by atoms with Gasteiger partial charge in [0.15, 0.2) is 0 Å². The van der Waals surface area contributed by atoms with Crippen LogP contribution >= 0.6 is 0 Å². The topological polar surface area (TPSA) is 37.5 Å². The highest BCUT2D eigenvalue weighted by Gasteiger charge is 2.41. The minimum atomic E-state index is -0.744. The number of hydrogen-bond acceptors (Lipinski definition) is 2. The van der Waals surface area contributed by atoms with Gasteiger partial charge in [0.25, 0.3) is 0 Å². The van der Waals surface area contributed by atoms with Crippen LogP contribution in [0, 0.1) is 5.92 Å². The molecular formula is C18H23FN2O. The molecule has 1 N–H and O–H groups in total. The van der Waals surface area contributed by atoms with E-state index in [9.17, 15) is 9.50 Å². The highest BCUT2D eigenvalue weighted by molar-refractivity contribution is 5.59. The molecule has 22 heavy (non-hydrogen) atoms. The van der Waals surface area contributed by atoms with Crippen LogP contribution in [0.5, 0.6) is 0 Å². The summed E-state index contributed by atoms with van der Waals surface area (Å²) in [7, 11) is 0. The van der Waals surface area contributed by atoms with Crippen molar-refractivity contribution in [3.63, 3.8) is 0 Å². The number of aliphatic hydroxyl groups excluding tert-OH is 1. The normalized spacial score (nSPS) is 27.2. The average molecular weight is 302 g/mol. The molecule has 2 aliphatic rings. The fraction of sp³-hybridized carbons (Fsp3) is 0.611. The molecule has 4 rings (SSSR count). The minimum absolute atomic E-state index is 0.0316. The lowest BCUT2D eigenvalue weighted by atomic mass is 9.83. The number of halogens is 1. The number of hydrogen-bond donors (Lipinski definition) is 1. The second-order valence-electron chi connectivity index (χ2n) is 6.98. The van der Waals surface area contributed by atoms with Crippen molar-refractivity contribution in [3.05, 3.63) is 35.9 Å². The van der Waals surface area contributed by atoms with Gasteiger partial charge in [-0.2, -0.15) is 0 Å². The molecule has 3 nitrogen and oxygen atoms in total. The Kier molecular flexibility index (Phi) is 3.65. The summed E-state index contributed by atoms with van der Waals surface area (Å²) in [4.78, 5) is 4.19. The van der Waals surface area contributed by atoms with Crippen molar-refractivity contribution in [1.82, 2.24) is 9.38 Å². The second-order valence-corrected chi connectivity index (χ2v) is 6.98. The molecule has 118 valence electrons. The Hall–Kier alpha value is -1.42. The molecule has 0 amide bonds. The summed E-state index contributed by atoms with van der Waals surface area (Å²) in [6.07, 6.45) is 11.9. The molecule has 2 fully saturated rings. The third kappa shape index (κ3) is 2.54. The number of rotatable bonds is 4. The maximum absolute atomic E-state index is 13.6. The smallest absolute Gasteiger partial charge is 0.108 e. The van der Waals surface area contributed by atoms with Crippen LogP contribution in [0.3, 0.4) is 0 Å². The van der Waals surface area contributed by atoms with E-state index >= 15 is 0 Å². The molecular weight excluding hydrogens is 279 g/mol. The van der Waals surface area contributed by atoms with E-state index in [4.69, 9.17) is 0 Å². The number of nitrogens with zero attached hydrogens (tertiary/aromatic N) is 2. The first kappa shape index (κ1) is 14.2. The Bertz CT molecular complexity index is 662. The highest BCUT2D eigenvalue weighted by atomic mass is 19.1. The summed E-state index contributed by atoms with van der Waals surface area (Å²) in [5.41, 5.74) is 2.83. The molecule has 2 heterocycles. The van der Waals surface area contributed by atoms with Crippen molar-refractivity contribution in [2.24, 2.45) is 5.92 Å². The minimum Gasteiger partial charge on any atom is -0.388 e. The first-order valence-corrected chi connectivity index (χ1v) is 8.50. The molecule has 0 aromatic carbocycles. The monoisotopic (exact) mass is 302 g/mol. The summed E-state index contributed by atoms with van der Waals surface area (Å²) >= 11 is 0. The predicted molar refractivity (Wildman–Crippen MR) is 83.6 cm³/mol. The van der Waals surface area contributed by atoms with Gasteiger partial charge in [-0.1, -0.05) is 32.1 Å². The molecule has 0 bridgehead atoms. The van der Waals surface area contributed by atoms with Gasteiger partial charge in [0.05, 0.1) is 24.1 Å². The molecule has 2 aromatic rings. The third-order valence-electron chi connectivity index (χ3n) is 5.39. The quantitative estimate of drug-likeness (QED) is 0.920. The molecule has 2 saturated carbocycles. The van der Waals surface area contributed by atoms with E-state index in [2.05, 4.69) is 4.98 Å². The van der Waals surface area contributed by atoms with Crippen LogP contribution in [0.4, 0.5) is 4.39 Å². The predicted octanol–water partition coefficient (Wildman–Crippen LogP) is 4.16. The SMILES string of the molecule is OC(CC1CCCCC1)c1c(C2CC2F)ccn2cncc12. The summed E-state index contributed by atoms with van der Waals surface area (Å²) in [5, 5.41) is 10.9. The molecule has 0 radical (unpaired) electrons. The van der Waals surface area contributed by atoms with Crippen molar-refractivity contribution in [2.75, 3.05) is 0 Å². The van der Waals surface area contributed by atoms with E-state index in [1.165, 1.54) is 32.1 Å². The van der Waals surface area contributed by atoms with Crippen molar-refractivity contribution in [1.29, 1.82) is 0 Å². The van der Waals surface area contributed by atoms with Gasteiger partial charge in [-0.3, -0.25) is 0 Å². The van der Waals surface area contributed by atoms with Crippen molar-refractivity contribution < 1.29 is 9.50 Å². The largest absolute Gasteiger partial charge is 0.388 e. The summed E-state index contributed by atoms with van der Waals surface area (Å²) in [5.74, 6) is 0.566. The van der Waals surface area contributed by atoms with Gasteiger partial charge in [-0.05, 0) is 30.4 Å². The van der Waals surface area contributed by atoms with Crippen LogP contribution in [-0.2, 0) is 0 Å². The number of fused-ring (bicyclic) bond motifs is 1. The van der Waals surface area contributed by atoms with Crippen molar-refractivity contribution in [3.8, 4) is 0 Å². The van der Waals surface area contributed by atoms with Crippen LogP contribution in [0.25, 0.3) is 5.52 Å². The van der Waals surface area contributed by atoms with Crippen molar-refractivity contribution >= 4 is 5.52 Å². The maximum Gasteiger partial charge on any atom is 0.108 e. The van der Waals surface area contributed by atoms with E-state index in [1.54, 1.807) is 12.5 Å². The number of pyridine rings is 1. The second kappa shape index (κ2) is 5.65. The number of aliphatic hydroxyl groups is 1. The zero-order valence-electron chi connectivity index (χ0n) is 12.8. The van der Waals surface area contributed by atoms with Crippen LogP contribution in [0.2, 0.25) is 0 Å². The molecule has 2 aliphatic carbocycles. The molecule has 0 aliphatic heterocycles. The van der Waals surface area contributed by atoms with Crippen LogP contribution < -0.4 is 0 Å². The fourth-order valence-electron chi connectivity index (χ4n) is 4.06. The Labute approximate surface area is 130 Å². The Morgan fingerprint density at radius 2 is 2.09 bits per heavy atom. The summed E-state index contributed by atoms with van der Waals surface area (Å²) < 4.78 is 15.5. The lowest BCUT2D eigenvalue weighted by Gasteiger charge is -2.25. The first-order valence-electron chi connectivity index (χ1n) is 8.50. The van der Waals surface area contributed by atoms with E-state index < -0.39 is 12.3 Å². The fourth-order valence-corrected chi connectivity index (χ4v) is 4.06. The van der Waals surface area contributed by atoms with Crippen LogP contribution in [0.1, 0.15) is 68.1 Å². The summed E-state index contributed by atoms with van der Waals surface area (Å²) in [6.45, 7) is 0. The van der Waals surface area contributed by atoms with Crippen molar-refractivity contribution in [2.45, 2.75) is 63.1 Å². The third-order valence-corrected chi connectivity index (χ3v) is 5.39. The van der Waals surface area contributed by atoms with Gasteiger partial charge < -0.3 is 9.51 Å². The zero-order chi connectivity index (χ0) is 15.1. The number of imidazole rings is 1. The maximum atomic E-state index is 13.6. The van der Waals surface area contributed by atoms with E-state index in [0.717, 1.165) is 23.1 Å². The number of alkyl halides is 1. The Morgan fingerprint density at radius 3 is 2.82 bits per heavy atom.